The molecule has 0 saturated carbocycles. The van der Waals surface area contributed by atoms with Crippen molar-refractivity contribution in [1.29, 1.82) is 0 Å². The number of nitrogens with zero attached hydrogens (tertiary/aromatic N) is 1. The molecule has 0 aromatic carbocycles. The predicted octanol–water partition coefficient (Wildman–Crippen LogP) is 17.6. The van der Waals surface area contributed by atoms with Crippen LogP contribution in [0.4, 0.5) is 0 Å². The molecule has 3 unspecified atom stereocenters. The minimum absolute atomic E-state index is 0.0770. The van der Waals surface area contributed by atoms with E-state index < -0.39 is 20.0 Å². The van der Waals surface area contributed by atoms with Crippen molar-refractivity contribution in [1.82, 2.24) is 5.32 Å². The number of nitrogens with one attached hydrogen (secondary N) is 1. The van der Waals surface area contributed by atoms with Crippen LogP contribution in [0.2, 0.25) is 0 Å². The number of quaternary nitrogens is 1. The van der Waals surface area contributed by atoms with Gasteiger partial charge in [-0.2, -0.15) is 0 Å². The van der Waals surface area contributed by atoms with E-state index in [9.17, 15) is 19.4 Å². The molecule has 1 amide bonds. The fourth-order valence-corrected chi connectivity index (χ4v) is 9.58. The Morgan fingerprint density at radius 2 is 0.851 bits per heavy atom. The van der Waals surface area contributed by atoms with E-state index in [-0.39, 0.29) is 19.1 Å². The van der Waals surface area contributed by atoms with Crippen LogP contribution in [0.25, 0.3) is 0 Å². The van der Waals surface area contributed by atoms with Crippen LogP contribution in [0.5, 0.6) is 0 Å². The largest absolute Gasteiger partial charge is 0.472 e. The fourth-order valence-electron chi connectivity index (χ4n) is 8.84. The van der Waals surface area contributed by atoms with E-state index in [4.69, 9.17) is 9.05 Å². The lowest BCUT2D eigenvalue weighted by atomic mass is 10.0. The Bertz CT molecular complexity index is 1140. The van der Waals surface area contributed by atoms with E-state index in [1.54, 1.807) is 0 Å². The van der Waals surface area contributed by atoms with E-state index in [1.807, 2.05) is 21.1 Å². The van der Waals surface area contributed by atoms with Crippen LogP contribution in [0.15, 0.2) is 24.3 Å². The second-order valence-corrected chi connectivity index (χ2v) is 22.8. The smallest absolute Gasteiger partial charge is 0.391 e. The third-order valence-electron chi connectivity index (χ3n) is 13.5. The highest BCUT2D eigenvalue weighted by Crippen LogP contribution is 2.43. The van der Waals surface area contributed by atoms with Gasteiger partial charge in [0.25, 0.3) is 0 Å². The Kier molecular flexibility index (Phi) is 49.2. The summed E-state index contributed by atoms with van der Waals surface area (Å²) in [5.74, 6) is -0.141. The Morgan fingerprint density at radius 1 is 0.507 bits per heavy atom. The summed E-state index contributed by atoms with van der Waals surface area (Å²) < 4.78 is 23.7. The van der Waals surface area contributed by atoms with E-state index in [2.05, 4.69) is 43.5 Å². The minimum Gasteiger partial charge on any atom is -0.391 e. The molecule has 0 saturated heterocycles. The summed E-state index contributed by atoms with van der Waals surface area (Å²) in [7, 11) is 1.63. The molecule has 0 spiro atoms. The highest BCUT2D eigenvalue weighted by Gasteiger charge is 2.28. The monoisotopic (exact) mass is 968 g/mol. The van der Waals surface area contributed by atoms with E-state index in [1.165, 1.54) is 218 Å². The second kappa shape index (κ2) is 49.9. The van der Waals surface area contributed by atoms with Crippen molar-refractivity contribution >= 4 is 13.7 Å². The molecule has 0 aliphatic carbocycles. The number of hydrogen-bond donors (Lipinski definition) is 3. The maximum atomic E-state index is 12.9. The highest BCUT2D eigenvalue weighted by molar-refractivity contribution is 7.47. The van der Waals surface area contributed by atoms with Gasteiger partial charge in [-0.3, -0.25) is 13.8 Å². The van der Waals surface area contributed by atoms with Crippen LogP contribution >= 0.6 is 7.82 Å². The van der Waals surface area contributed by atoms with Gasteiger partial charge in [-0.15, -0.1) is 0 Å². The van der Waals surface area contributed by atoms with Crippen LogP contribution in [-0.2, 0) is 18.4 Å². The number of allylic oxidation sites excluding steroid dienone is 4. The zero-order valence-corrected chi connectivity index (χ0v) is 46.3. The first-order chi connectivity index (χ1) is 32.5. The van der Waals surface area contributed by atoms with Crippen molar-refractivity contribution in [3.05, 3.63) is 24.3 Å². The normalized spacial score (nSPS) is 14.1. The highest BCUT2D eigenvalue weighted by atomic mass is 31.2. The Balaban J connectivity index is 3.85. The quantitative estimate of drug-likeness (QED) is 0.0243. The van der Waals surface area contributed by atoms with Gasteiger partial charge in [-0.25, -0.2) is 4.57 Å². The van der Waals surface area contributed by atoms with Gasteiger partial charge in [-0.1, -0.05) is 263 Å². The molecule has 0 radical (unpaired) electrons. The molecule has 0 rings (SSSR count). The van der Waals surface area contributed by atoms with Crippen LogP contribution in [0.3, 0.4) is 0 Å². The third kappa shape index (κ3) is 52.6. The molecule has 0 aliphatic heterocycles. The summed E-state index contributed by atoms with van der Waals surface area (Å²) >= 11 is 0. The Morgan fingerprint density at radius 3 is 1.22 bits per heavy atom. The van der Waals surface area contributed by atoms with Crippen molar-refractivity contribution < 1.29 is 32.9 Å². The van der Waals surface area contributed by atoms with E-state index >= 15 is 0 Å². The number of hydrogen-bond acceptors (Lipinski definition) is 5. The van der Waals surface area contributed by atoms with Crippen molar-refractivity contribution in [2.75, 3.05) is 40.9 Å². The minimum atomic E-state index is -4.31. The third-order valence-corrected chi connectivity index (χ3v) is 14.4. The molecule has 0 aromatic heterocycles. The number of likely N-dealkylation sites (N-methyl/N-ethyl adjacent to an activating group) is 1. The van der Waals surface area contributed by atoms with Crippen LogP contribution in [-0.4, -0.2) is 73.4 Å². The summed E-state index contributed by atoms with van der Waals surface area (Å²) in [5, 5.41) is 14.0. The van der Waals surface area contributed by atoms with Gasteiger partial charge in [0.1, 0.15) is 13.2 Å². The lowest BCUT2D eigenvalue weighted by Crippen LogP contribution is -2.46. The van der Waals surface area contributed by atoms with Gasteiger partial charge < -0.3 is 19.8 Å². The second-order valence-electron chi connectivity index (χ2n) is 21.4. The van der Waals surface area contributed by atoms with Gasteiger partial charge in [0.15, 0.2) is 0 Å². The first kappa shape index (κ1) is 66.0. The van der Waals surface area contributed by atoms with Gasteiger partial charge in [0.2, 0.25) is 5.91 Å². The molecule has 0 aliphatic rings. The molecular weight excluding hydrogens is 852 g/mol. The summed E-state index contributed by atoms with van der Waals surface area (Å²) in [4.78, 5) is 23.2. The number of phosphoric acid groups is 1. The van der Waals surface area contributed by atoms with Gasteiger partial charge in [0, 0.05) is 6.42 Å². The summed E-state index contributed by atoms with van der Waals surface area (Å²) in [6.45, 7) is 4.89. The predicted molar refractivity (Wildman–Crippen MR) is 291 cm³/mol. The first-order valence-electron chi connectivity index (χ1n) is 29.2. The summed E-state index contributed by atoms with van der Waals surface area (Å²) in [6, 6.07) is -0.755. The van der Waals surface area contributed by atoms with E-state index in [0.29, 0.717) is 23.9 Å². The molecule has 398 valence electrons. The molecule has 0 heterocycles. The van der Waals surface area contributed by atoms with Crippen LogP contribution < -0.4 is 5.32 Å². The van der Waals surface area contributed by atoms with Gasteiger partial charge in [0.05, 0.1) is 39.9 Å². The number of rotatable bonds is 54. The SMILES string of the molecule is CCCCCCC/C=C\C/C=C\CCCCCCCCCCCCCCCCCCCCCCCCCC(=O)NC(COP(=O)(O)OCC[N+](C)(C)C)C(O)CCCCCCCCCCCC. The van der Waals surface area contributed by atoms with Crippen LogP contribution in [0.1, 0.15) is 290 Å². The lowest BCUT2D eigenvalue weighted by molar-refractivity contribution is -0.870. The zero-order chi connectivity index (χ0) is 49.2. The molecule has 8 nitrogen and oxygen atoms in total. The number of carbonyl (C=O) groups is 1. The first-order valence-corrected chi connectivity index (χ1v) is 30.7. The standard InChI is InChI=1S/C58H115N2O6P/c1-6-8-10-12-14-16-18-19-20-21-22-23-24-25-26-27-28-29-30-31-32-33-34-35-36-37-38-39-40-41-42-44-46-48-50-52-58(62)59-56(55-66-67(63,64)65-54-53-60(3,4)5)57(61)51-49-47-45-43-17-15-13-11-9-7-2/h18-19,21-22,56-57,61H,6-17,20,23-55H2,1-5H3,(H-,59,62,63,64)/p+1/b19-18-,22-21-. The molecule has 0 bridgehead atoms. The number of carbonyl (C=O) groups excluding carboxylic acids is 1. The lowest BCUT2D eigenvalue weighted by Gasteiger charge is -2.26. The molecule has 67 heavy (non-hydrogen) atoms. The molecule has 0 aromatic rings. The number of amides is 1. The Labute approximate surface area is 417 Å². The van der Waals surface area contributed by atoms with Crippen LogP contribution in [0, 0.1) is 0 Å². The summed E-state index contributed by atoms with van der Waals surface area (Å²) in [5.41, 5.74) is 0. The summed E-state index contributed by atoms with van der Waals surface area (Å²) in [6.07, 6.45) is 62.6. The van der Waals surface area contributed by atoms with Gasteiger partial charge >= 0.3 is 7.82 Å². The number of aliphatic hydroxyl groups excluding tert-OH is 1. The van der Waals surface area contributed by atoms with Crippen molar-refractivity contribution in [3.63, 3.8) is 0 Å². The zero-order valence-electron chi connectivity index (χ0n) is 45.4. The maximum absolute atomic E-state index is 12.9. The molecule has 0 fully saturated rings. The fraction of sp³-hybridized carbons (Fsp3) is 0.914. The average Bonchev–Trinajstić information content (AvgIpc) is 3.29. The van der Waals surface area contributed by atoms with Crippen molar-refractivity contribution in [3.8, 4) is 0 Å². The molecule has 3 N–H and O–H groups in total. The topological polar surface area (TPSA) is 105 Å². The maximum Gasteiger partial charge on any atom is 0.472 e. The van der Waals surface area contributed by atoms with Crippen molar-refractivity contribution in [2.45, 2.75) is 302 Å². The van der Waals surface area contributed by atoms with Crippen molar-refractivity contribution in [2.24, 2.45) is 0 Å². The number of aliphatic hydroxyl groups is 1. The average molecular weight is 969 g/mol. The molecular formula is C58H116N2O6P+. The molecule has 9 heteroatoms. The number of phosphoric ester groups is 1. The van der Waals surface area contributed by atoms with Gasteiger partial charge in [-0.05, 0) is 44.9 Å². The Hall–Kier alpha value is -1.02. The number of unbranched alkanes of at least 4 members (excludes halogenated alkanes) is 37. The molecule has 3 atom stereocenters. The van der Waals surface area contributed by atoms with E-state index in [0.717, 1.165) is 44.9 Å².